The van der Waals surface area contributed by atoms with Crippen LogP contribution in [-0.2, 0) is 6.61 Å². The van der Waals surface area contributed by atoms with Crippen LogP contribution in [0.25, 0.3) is 83.4 Å². The van der Waals surface area contributed by atoms with Gasteiger partial charge < -0.3 is 24.9 Å². The molecule has 12 aromatic rings. The molecule has 2 N–H and O–H groups in total. The molecule has 0 unspecified atom stereocenters. The number of aromatic nitrogens is 15. The van der Waals surface area contributed by atoms with Crippen LogP contribution in [0.15, 0.2) is 91.4 Å². The van der Waals surface area contributed by atoms with Crippen molar-refractivity contribution in [2.45, 2.75) is 90.6 Å². The lowest BCUT2D eigenvalue weighted by atomic mass is 9.92. The Kier molecular flexibility index (Phi) is 18.5. The number of nitriles is 2. The standard InChI is InChI=1S/C23H21F2N7.C23H22FN7O.C23H25FN6O/c1-14-13-32-23(27-14)17(12-26)10-21(30-32)16-8-19(25)18-11-20(28-29-22(18)9-16)15-2-5-31(6-3-15)7-4-24;1-14-13-31-23(26-14)17(12-25)10-21(29-31)16-8-19(24)18-11-20(27-28-22(18)9-16)15-2-4-30(5-3-15)6-7-32;1-3-29-6-4-15(5-7-29)20-11-18-19(24)8-16(9-22(18)27-26-20)21-10-17(13-31)23-25-14(2)12-30(23)28-21/h8-11,13,15H,2-7H2,1H3;8-11,13,15,32H,2-7H2,1H3;8-12,15,31H,3-7,13H2,1-2H3. The number of rotatable bonds is 12. The number of alkyl halides is 1. The fourth-order valence-electron chi connectivity index (χ4n) is 13.1. The Labute approximate surface area is 543 Å². The third-order valence-corrected chi connectivity index (χ3v) is 18.3. The third-order valence-electron chi connectivity index (χ3n) is 18.3. The van der Waals surface area contributed by atoms with Crippen molar-refractivity contribution in [3.63, 3.8) is 0 Å². The SMILES string of the molecule is CCN1CCC(c2cc3c(F)cc(-c4cc(CO)c5nc(C)cn5n4)cc3nn2)CC1.Cc1cn2nc(-c3cc(F)c4cc(C5CCN(CCF)CC5)nnc4c3)cc(C#N)c2n1.Cc1cn2nc(-c3cc(F)c4cc(C5CCN(CCO)CC5)nnc4c3)cc(C#N)c2n1. The maximum Gasteiger partial charge on any atom is 0.171 e. The first-order valence-electron chi connectivity index (χ1n) is 31.9. The van der Waals surface area contributed by atoms with E-state index in [0.29, 0.717) is 119 Å². The van der Waals surface area contributed by atoms with E-state index in [2.05, 4.69) is 94.6 Å². The van der Waals surface area contributed by atoms with Crippen molar-refractivity contribution in [2.24, 2.45) is 0 Å². The van der Waals surface area contributed by atoms with Crippen LogP contribution >= 0.6 is 0 Å². The third kappa shape index (κ3) is 13.5. The van der Waals surface area contributed by atoms with E-state index in [4.69, 9.17) is 5.11 Å². The van der Waals surface area contributed by atoms with Gasteiger partial charge in [0.15, 0.2) is 16.9 Å². The van der Waals surface area contributed by atoms with Crippen LogP contribution in [0.4, 0.5) is 17.6 Å². The van der Waals surface area contributed by atoms with Crippen LogP contribution in [0.5, 0.6) is 0 Å². The fraction of sp³-hybridized carbons (Fsp3) is 0.362. The molecule has 3 fully saturated rings. The minimum atomic E-state index is -0.411. The summed E-state index contributed by atoms with van der Waals surface area (Å²) in [5.41, 5.74) is 12.1. The highest BCUT2D eigenvalue weighted by molar-refractivity contribution is 5.87. The first kappa shape index (κ1) is 63.8. The summed E-state index contributed by atoms with van der Waals surface area (Å²) >= 11 is 0. The van der Waals surface area contributed by atoms with Gasteiger partial charge in [-0.25, -0.2) is 46.1 Å². The van der Waals surface area contributed by atoms with E-state index in [9.17, 15) is 20.0 Å². The molecular formula is C69H68F4N20O2. The van der Waals surface area contributed by atoms with Gasteiger partial charge in [-0.15, -0.1) is 0 Å². The largest absolute Gasteiger partial charge is 0.395 e. The molecule has 484 valence electrons. The van der Waals surface area contributed by atoms with E-state index in [1.165, 1.54) is 22.7 Å². The molecule has 0 spiro atoms. The Morgan fingerprint density at radius 2 is 0.821 bits per heavy atom. The second-order valence-corrected chi connectivity index (χ2v) is 24.6. The average Bonchev–Trinajstić information content (AvgIpc) is 1.83. The van der Waals surface area contributed by atoms with Crippen molar-refractivity contribution < 1.29 is 27.8 Å². The quantitative estimate of drug-likeness (QED) is 0.108. The topological polar surface area (TPSA) is 266 Å². The lowest BCUT2D eigenvalue weighted by molar-refractivity contribution is 0.163. The second-order valence-electron chi connectivity index (χ2n) is 24.6. The summed E-state index contributed by atoms with van der Waals surface area (Å²) in [6.45, 7) is 15.0. The van der Waals surface area contributed by atoms with E-state index in [-0.39, 0.29) is 37.5 Å². The number of fused-ring (bicyclic) bond motifs is 6. The molecule has 3 aromatic carbocycles. The number of aliphatic hydroxyl groups excluding tert-OH is 2. The van der Waals surface area contributed by atoms with Crippen molar-refractivity contribution in [2.75, 3.05) is 72.2 Å². The molecular weight excluding hydrogens is 1220 g/mol. The van der Waals surface area contributed by atoms with Crippen molar-refractivity contribution >= 4 is 49.7 Å². The van der Waals surface area contributed by atoms with Crippen LogP contribution in [0.1, 0.15) is 114 Å². The number of aliphatic hydroxyl groups is 2. The maximum atomic E-state index is 15.1. The zero-order valence-corrected chi connectivity index (χ0v) is 53.0. The van der Waals surface area contributed by atoms with Gasteiger partial charge in [0, 0.05) is 69.3 Å². The highest BCUT2D eigenvalue weighted by atomic mass is 19.1. The summed E-state index contributed by atoms with van der Waals surface area (Å²) in [6, 6.07) is 24.3. The number of β-amino-alcohol motifs (C(OH)–C–C–N with tert-alkyl or cyclic N) is 1. The van der Waals surface area contributed by atoms with Crippen LogP contribution in [-0.4, -0.2) is 171 Å². The Balaban J connectivity index is 0.000000129. The summed E-state index contributed by atoms with van der Waals surface area (Å²) in [7, 11) is 0. The van der Waals surface area contributed by atoms with Gasteiger partial charge in [0.1, 0.15) is 36.3 Å². The lowest BCUT2D eigenvalue weighted by Gasteiger charge is -2.30. The number of nitrogens with zero attached hydrogens (tertiary/aromatic N) is 20. The summed E-state index contributed by atoms with van der Waals surface area (Å²) in [5, 5.41) is 78.9. The highest BCUT2D eigenvalue weighted by Crippen LogP contribution is 2.35. The van der Waals surface area contributed by atoms with E-state index in [1.54, 1.807) is 76.2 Å². The smallest absolute Gasteiger partial charge is 0.171 e. The number of imidazole rings is 3. The van der Waals surface area contributed by atoms with E-state index in [0.717, 1.165) is 119 Å². The number of hydrogen-bond acceptors (Lipinski definition) is 19. The molecule has 15 rings (SSSR count). The lowest BCUT2D eigenvalue weighted by Crippen LogP contribution is -2.35. The molecule has 0 bridgehead atoms. The molecule has 95 heavy (non-hydrogen) atoms. The number of hydrogen-bond donors (Lipinski definition) is 2. The molecule has 26 heteroatoms. The molecule has 12 heterocycles. The number of halogens is 4. The van der Waals surface area contributed by atoms with E-state index < -0.39 is 11.6 Å². The van der Waals surface area contributed by atoms with Gasteiger partial charge >= 0.3 is 0 Å². The summed E-state index contributed by atoms with van der Waals surface area (Å²) in [5.74, 6) is -0.413. The van der Waals surface area contributed by atoms with Crippen molar-refractivity contribution in [3.05, 3.63) is 160 Å². The van der Waals surface area contributed by atoms with Gasteiger partial charge in [-0.2, -0.15) is 56.4 Å². The van der Waals surface area contributed by atoms with E-state index >= 15 is 13.2 Å². The minimum Gasteiger partial charge on any atom is -0.395 e. The zero-order valence-electron chi connectivity index (χ0n) is 53.0. The Morgan fingerprint density at radius 3 is 1.18 bits per heavy atom. The van der Waals surface area contributed by atoms with Gasteiger partial charge in [0.05, 0.1) is 111 Å². The Morgan fingerprint density at radius 1 is 0.463 bits per heavy atom. The molecule has 3 aliphatic heterocycles. The van der Waals surface area contributed by atoms with E-state index in [1.807, 2.05) is 26.8 Å². The van der Waals surface area contributed by atoms with Gasteiger partial charge in [0.25, 0.3) is 0 Å². The average molecular weight is 1290 g/mol. The monoisotopic (exact) mass is 1280 g/mol. The first-order chi connectivity index (χ1) is 46.2. The number of benzene rings is 3. The van der Waals surface area contributed by atoms with Crippen molar-refractivity contribution in [3.8, 4) is 45.9 Å². The normalized spacial score (nSPS) is 15.6. The van der Waals surface area contributed by atoms with Gasteiger partial charge in [-0.05, 0) is 178 Å². The number of piperidine rings is 3. The summed E-state index contributed by atoms with van der Waals surface area (Å²) < 4.78 is 62.6. The molecule has 0 saturated carbocycles. The molecule has 0 aliphatic carbocycles. The maximum absolute atomic E-state index is 15.1. The summed E-state index contributed by atoms with van der Waals surface area (Å²) in [6.07, 6.45) is 10.8. The number of likely N-dealkylation sites (tertiary alicyclic amines) is 3. The molecule has 3 saturated heterocycles. The molecule has 0 amide bonds. The van der Waals surface area contributed by atoms with Gasteiger partial charge in [0.2, 0.25) is 0 Å². The minimum absolute atomic E-state index is 0.159. The predicted octanol–water partition coefficient (Wildman–Crippen LogP) is 10.1. The first-order valence-corrected chi connectivity index (χ1v) is 31.9. The van der Waals surface area contributed by atoms with Crippen LogP contribution in [0.3, 0.4) is 0 Å². The molecule has 3 aliphatic rings. The Bertz CT molecular complexity index is 4730. The van der Waals surface area contributed by atoms with Gasteiger partial charge in [-0.3, -0.25) is 0 Å². The zero-order chi connectivity index (χ0) is 66.0. The predicted molar refractivity (Wildman–Crippen MR) is 348 cm³/mol. The van der Waals surface area contributed by atoms with Gasteiger partial charge in [-0.1, -0.05) is 6.92 Å². The molecule has 0 radical (unpaired) electrons. The second kappa shape index (κ2) is 27.5. The highest BCUT2D eigenvalue weighted by Gasteiger charge is 2.27. The van der Waals surface area contributed by atoms with Crippen molar-refractivity contribution in [1.82, 2.24) is 89.1 Å². The van der Waals surface area contributed by atoms with Crippen LogP contribution < -0.4 is 0 Å². The Hall–Kier alpha value is -9.96. The van der Waals surface area contributed by atoms with Crippen LogP contribution in [0.2, 0.25) is 0 Å². The molecule has 22 nitrogen and oxygen atoms in total. The number of aryl methyl sites for hydroxylation is 3. The molecule has 9 aromatic heterocycles. The summed E-state index contributed by atoms with van der Waals surface area (Å²) in [4.78, 5) is 19.8. The fourth-order valence-corrected chi connectivity index (χ4v) is 13.1. The van der Waals surface area contributed by atoms with Crippen molar-refractivity contribution in [1.29, 1.82) is 10.5 Å². The van der Waals surface area contributed by atoms with Crippen LogP contribution in [0, 0.1) is 60.9 Å². The molecule has 0 atom stereocenters.